The first-order valence-corrected chi connectivity index (χ1v) is 8.73. The molecule has 0 aliphatic heterocycles. The van der Waals surface area contributed by atoms with Crippen molar-refractivity contribution in [3.8, 4) is 21.9 Å². The van der Waals surface area contributed by atoms with E-state index in [0.29, 0.717) is 11.4 Å². The molecule has 4 rings (SSSR count). The van der Waals surface area contributed by atoms with Crippen LogP contribution in [-0.2, 0) is 0 Å². The van der Waals surface area contributed by atoms with E-state index in [0.717, 1.165) is 20.7 Å². The van der Waals surface area contributed by atoms with Gasteiger partial charge in [0, 0.05) is 16.5 Å². The predicted molar refractivity (Wildman–Crippen MR) is 104 cm³/mol. The highest BCUT2D eigenvalue weighted by Gasteiger charge is 2.10. The molecule has 8 heteroatoms. The maximum Gasteiger partial charge on any atom is 0.167 e. The number of anilines is 1. The zero-order valence-electron chi connectivity index (χ0n) is 13.8. The third kappa shape index (κ3) is 3.56. The van der Waals surface area contributed by atoms with E-state index >= 15 is 0 Å². The van der Waals surface area contributed by atoms with Crippen molar-refractivity contribution in [1.29, 1.82) is 0 Å². The van der Waals surface area contributed by atoms with E-state index in [1.807, 2.05) is 6.07 Å². The lowest BCUT2D eigenvalue weighted by molar-refractivity contribution is 0.450. The molecule has 134 valence electrons. The van der Waals surface area contributed by atoms with Gasteiger partial charge >= 0.3 is 0 Å². The molecule has 2 aromatic carbocycles. The number of hydrogen-bond acceptors (Lipinski definition) is 7. The number of aromatic nitrogens is 2. The van der Waals surface area contributed by atoms with E-state index in [4.69, 9.17) is 0 Å². The number of fused-ring (bicyclic) bond motifs is 1. The molecule has 2 heterocycles. The van der Waals surface area contributed by atoms with Crippen molar-refractivity contribution in [2.45, 2.75) is 0 Å². The van der Waals surface area contributed by atoms with Crippen molar-refractivity contribution < 1.29 is 14.6 Å². The number of benzene rings is 2. The van der Waals surface area contributed by atoms with Crippen LogP contribution < -0.4 is 5.43 Å². The summed E-state index contributed by atoms with van der Waals surface area (Å²) >= 11 is 1.47. The molecule has 2 aromatic heterocycles. The van der Waals surface area contributed by atoms with Gasteiger partial charge in [-0.05, 0) is 35.9 Å². The summed E-state index contributed by atoms with van der Waals surface area (Å²) in [7, 11) is 0. The molecule has 0 amide bonds. The van der Waals surface area contributed by atoms with Crippen LogP contribution in [0.2, 0.25) is 0 Å². The molecule has 0 radical (unpaired) electrons. The zero-order valence-corrected chi connectivity index (χ0v) is 14.6. The van der Waals surface area contributed by atoms with Gasteiger partial charge in [-0.15, -0.1) is 11.3 Å². The zero-order chi connectivity index (χ0) is 18.8. The van der Waals surface area contributed by atoms with Crippen molar-refractivity contribution in [2.75, 3.05) is 5.43 Å². The van der Waals surface area contributed by atoms with E-state index in [1.54, 1.807) is 18.2 Å². The highest BCUT2D eigenvalue weighted by molar-refractivity contribution is 7.22. The normalized spacial score (nSPS) is 11.3. The Balaban J connectivity index is 1.62. The van der Waals surface area contributed by atoms with Gasteiger partial charge in [-0.1, -0.05) is 12.1 Å². The summed E-state index contributed by atoms with van der Waals surface area (Å²) < 4.78 is 13.9. The maximum atomic E-state index is 13.1. The second-order valence-corrected chi connectivity index (χ2v) is 6.72. The number of phenols is 2. The summed E-state index contributed by atoms with van der Waals surface area (Å²) in [6, 6.07) is 12.4. The van der Waals surface area contributed by atoms with Gasteiger partial charge in [0.1, 0.15) is 23.6 Å². The average molecular weight is 380 g/mol. The molecule has 0 saturated heterocycles. The number of hydrogen-bond donors (Lipinski definition) is 3. The highest BCUT2D eigenvalue weighted by Crippen LogP contribution is 2.35. The first-order chi connectivity index (χ1) is 13.1. The Hall–Kier alpha value is -3.52. The topological polar surface area (TPSA) is 90.6 Å². The van der Waals surface area contributed by atoms with E-state index in [1.165, 1.54) is 48.1 Å². The van der Waals surface area contributed by atoms with Crippen molar-refractivity contribution in [3.63, 3.8) is 0 Å². The van der Waals surface area contributed by atoms with E-state index in [-0.39, 0.29) is 17.3 Å². The summed E-state index contributed by atoms with van der Waals surface area (Å²) in [5.74, 6) is 0.131. The molecule has 0 aliphatic carbocycles. The van der Waals surface area contributed by atoms with Gasteiger partial charge in [-0.25, -0.2) is 14.4 Å². The second kappa shape index (κ2) is 7.00. The van der Waals surface area contributed by atoms with Crippen LogP contribution in [0, 0.1) is 5.82 Å². The smallest absolute Gasteiger partial charge is 0.167 e. The Morgan fingerprint density at radius 2 is 1.85 bits per heavy atom. The van der Waals surface area contributed by atoms with E-state index in [9.17, 15) is 14.6 Å². The number of nitrogens with one attached hydrogen (secondary N) is 1. The first-order valence-electron chi connectivity index (χ1n) is 7.92. The number of phenolic OH excluding ortho intramolecular Hbond substituents is 2. The Morgan fingerprint density at radius 1 is 1.04 bits per heavy atom. The fourth-order valence-electron chi connectivity index (χ4n) is 2.49. The number of aromatic hydroxyl groups is 2. The fourth-order valence-corrected chi connectivity index (χ4v) is 3.55. The lowest BCUT2D eigenvalue weighted by Crippen LogP contribution is -1.94. The minimum Gasteiger partial charge on any atom is -0.508 e. The van der Waals surface area contributed by atoms with Crippen LogP contribution >= 0.6 is 11.3 Å². The summed E-state index contributed by atoms with van der Waals surface area (Å²) in [5.41, 5.74) is 4.94. The van der Waals surface area contributed by atoms with E-state index < -0.39 is 0 Å². The van der Waals surface area contributed by atoms with Crippen LogP contribution in [0.3, 0.4) is 0 Å². The van der Waals surface area contributed by atoms with Crippen LogP contribution in [0.25, 0.3) is 20.7 Å². The summed E-state index contributed by atoms with van der Waals surface area (Å²) in [4.78, 5) is 9.41. The lowest BCUT2D eigenvalue weighted by atomic mass is 10.2. The molecule has 0 atom stereocenters. The molecule has 4 aromatic rings. The van der Waals surface area contributed by atoms with Crippen molar-refractivity contribution in [2.24, 2.45) is 5.10 Å². The molecule has 0 unspecified atom stereocenters. The van der Waals surface area contributed by atoms with Gasteiger partial charge in [0.25, 0.3) is 0 Å². The van der Waals surface area contributed by atoms with Gasteiger partial charge in [-0.3, -0.25) is 5.43 Å². The van der Waals surface area contributed by atoms with Gasteiger partial charge < -0.3 is 10.2 Å². The monoisotopic (exact) mass is 380 g/mol. The quantitative estimate of drug-likeness (QED) is 0.362. The fraction of sp³-hybridized carbons (Fsp3) is 0. The molecule has 6 nitrogen and oxygen atoms in total. The third-order valence-electron chi connectivity index (χ3n) is 3.83. The molecule has 0 saturated carbocycles. The Bertz CT molecular complexity index is 1140. The van der Waals surface area contributed by atoms with Crippen LogP contribution in [0.4, 0.5) is 10.2 Å². The number of rotatable bonds is 4. The summed E-state index contributed by atoms with van der Waals surface area (Å²) in [6.07, 6.45) is 2.86. The molecular weight excluding hydrogens is 367 g/mol. The number of nitrogens with zero attached hydrogens (tertiary/aromatic N) is 3. The number of halogens is 1. The number of thiophene rings is 1. The highest BCUT2D eigenvalue weighted by atomic mass is 32.1. The molecule has 0 aliphatic rings. The predicted octanol–water partition coefficient (Wildman–Crippen LogP) is 4.35. The van der Waals surface area contributed by atoms with Crippen molar-refractivity contribution in [1.82, 2.24) is 9.97 Å². The molecule has 0 spiro atoms. The SMILES string of the molecule is Oc1ccc(/C=N/Nc2ncnc3cc(-c4ccc(F)cc4)sc23)c(O)c1. The van der Waals surface area contributed by atoms with Gasteiger partial charge in [0.15, 0.2) is 5.82 Å². The van der Waals surface area contributed by atoms with Gasteiger partial charge in [0.2, 0.25) is 0 Å². The van der Waals surface area contributed by atoms with E-state index in [2.05, 4.69) is 20.5 Å². The summed E-state index contributed by atoms with van der Waals surface area (Å²) in [6.45, 7) is 0. The molecular formula is C19H13FN4O2S. The average Bonchev–Trinajstić information content (AvgIpc) is 3.09. The van der Waals surface area contributed by atoms with Crippen LogP contribution in [0.15, 0.2) is 60.0 Å². The van der Waals surface area contributed by atoms with Crippen LogP contribution in [0.1, 0.15) is 5.56 Å². The maximum absolute atomic E-state index is 13.1. The number of hydrazone groups is 1. The standard InChI is InChI=1S/C19H13FN4O2S/c20-13-4-1-11(2-5-13)17-8-15-18(27-17)19(22-10-21-15)24-23-9-12-3-6-14(25)7-16(12)26/h1-10,25-26H,(H,21,22,24)/b23-9+. The minimum absolute atomic E-state index is 0.0259. The third-order valence-corrected chi connectivity index (χ3v) is 5.01. The molecule has 0 fully saturated rings. The second-order valence-electron chi connectivity index (χ2n) is 5.67. The Labute approximate surface area is 157 Å². The molecule has 0 bridgehead atoms. The lowest BCUT2D eigenvalue weighted by Gasteiger charge is -2.01. The minimum atomic E-state index is -0.283. The molecule has 27 heavy (non-hydrogen) atoms. The van der Waals surface area contributed by atoms with Crippen LogP contribution in [-0.4, -0.2) is 26.4 Å². The largest absolute Gasteiger partial charge is 0.508 e. The Kier molecular flexibility index (Phi) is 4.39. The van der Waals surface area contributed by atoms with Crippen LogP contribution in [0.5, 0.6) is 11.5 Å². The van der Waals surface area contributed by atoms with Crippen molar-refractivity contribution >= 4 is 33.6 Å². The van der Waals surface area contributed by atoms with Gasteiger partial charge in [-0.2, -0.15) is 5.10 Å². The molecule has 3 N–H and O–H groups in total. The van der Waals surface area contributed by atoms with Crippen molar-refractivity contribution in [3.05, 3.63) is 66.2 Å². The Morgan fingerprint density at radius 3 is 2.63 bits per heavy atom. The summed E-state index contributed by atoms with van der Waals surface area (Å²) in [5, 5.41) is 23.2. The van der Waals surface area contributed by atoms with Gasteiger partial charge in [0.05, 0.1) is 16.4 Å². The first kappa shape index (κ1) is 16.9.